The molecule has 0 amide bonds. The van der Waals surface area contributed by atoms with E-state index in [1.165, 1.54) is 12.0 Å². The van der Waals surface area contributed by atoms with E-state index >= 15 is 0 Å². The van der Waals surface area contributed by atoms with Crippen LogP contribution in [-0.4, -0.2) is 38.9 Å². The molecule has 1 aromatic carbocycles. The maximum Gasteiger partial charge on any atom is 0.191 e. The number of nitrogens with zero attached hydrogens (tertiary/aromatic N) is 1. The van der Waals surface area contributed by atoms with E-state index in [0.717, 1.165) is 29.7 Å². The van der Waals surface area contributed by atoms with Crippen molar-refractivity contribution in [2.75, 3.05) is 26.9 Å². The van der Waals surface area contributed by atoms with Crippen LogP contribution in [0.25, 0.3) is 0 Å². The second kappa shape index (κ2) is 8.77. The highest BCUT2D eigenvalue weighted by Crippen LogP contribution is 2.28. The van der Waals surface area contributed by atoms with Crippen LogP contribution in [-0.2, 0) is 11.3 Å². The molecule has 1 fully saturated rings. The predicted molar refractivity (Wildman–Crippen MR) is 94.1 cm³/mol. The molecule has 128 valence electrons. The molecule has 0 saturated heterocycles. The van der Waals surface area contributed by atoms with Crippen LogP contribution in [0.3, 0.4) is 0 Å². The van der Waals surface area contributed by atoms with Crippen molar-refractivity contribution in [1.29, 1.82) is 0 Å². The van der Waals surface area contributed by atoms with Crippen LogP contribution in [0.1, 0.15) is 31.4 Å². The molecule has 0 radical (unpaired) electrons. The van der Waals surface area contributed by atoms with Crippen molar-refractivity contribution >= 4 is 5.96 Å². The van der Waals surface area contributed by atoms with Crippen molar-refractivity contribution in [3.63, 3.8) is 0 Å². The molecule has 2 rings (SSSR count). The van der Waals surface area contributed by atoms with Crippen LogP contribution >= 0.6 is 0 Å². The number of hydrogen-bond donors (Lipinski definition) is 2. The Hall–Kier alpha value is -1.75. The molecule has 5 heteroatoms. The van der Waals surface area contributed by atoms with Crippen LogP contribution in [0.5, 0.6) is 5.75 Å². The predicted octanol–water partition coefficient (Wildman–Crippen LogP) is 2.48. The average molecular weight is 319 g/mol. The number of hydrogen-bond acceptors (Lipinski definition) is 3. The summed E-state index contributed by atoms with van der Waals surface area (Å²) in [5.74, 6) is 2.51. The number of aliphatic imine (C=N–C) groups is 1. The van der Waals surface area contributed by atoms with Gasteiger partial charge in [-0.05, 0) is 37.8 Å². The Bertz CT molecular complexity index is 531. The first-order valence-corrected chi connectivity index (χ1v) is 8.40. The topological polar surface area (TPSA) is 54.9 Å². The molecule has 0 aromatic heterocycles. The van der Waals surface area contributed by atoms with Gasteiger partial charge in [-0.3, -0.25) is 0 Å². The van der Waals surface area contributed by atoms with Gasteiger partial charge in [0.15, 0.2) is 5.96 Å². The zero-order valence-corrected chi connectivity index (χ0v) is 14.7. The zero-order chi connectivity index (χ0) is 16.7. The summed E-state index contributed by atoms with van der Waals surface area (Å²) in [5, 5.41) is 6.78. The summed E-state index contributed by atoms with van der Waals surface area (Å²) in [6, 6.07) is 6.80. The summed E-state index contributed by atoms with van der Waals surface area (Å²) in [4.78, 5) is 4.70. The number of benzene rings is 1. The summed E-state index contributed by atoms with van der Waals surface area (Å²) < 4.78 is 10.9. The third kappa shape index (κ3) is 5.75. The van der Waals surface area contributed by atoms with Crippen LogP contribution in [0.2, 0.25) is 0 Å². The Morgan fingerprint density at radius 1 is 1.35 bits per heavy atom. The quantitative estimate of drug-likeness (QED) is 0.439. The highest BCUT2D eigenvalue weighted by molar-refractivity contribution is 5.80. The number of methoxy groups -OCH3 is 1. The third-order valence-electron chi connectivity index (χ3n) is 3.95. The summed E-state index contributed by atoms with van der Waals surface area (Å²) in [5.41, 5.74) is 2.27. The molecule has 0 aliphatic heterocycles. The van der Waals surface area contributed by atoms with Gasteiger partial charge < -0.3 is 20.1 Å². The van der Waals surface area contributed by atoms with Gasteiger partial charge in [0.2, 0.25) is 0 Å². The standard InChI is InChI=1S/C18H29N3O2/c1-5-19-18(21-16-11-14(16)3)20-12-15-7-6-13(2)10-17(15)23-9-8-22-4/h6-7,10,14,16H,5,8-9,11-12H2,1-4H3,(H2,19,20,21). The summed E-state index contributed by atoms with van der Waals surface area (Å²) >= 11 is 0. The fourth-order valence-electron chi connectivity index (χ4n) is 2.34. The monoisotopic (exact) mass is 319 g/mol. The fourth-order valence-corrected chi connectivity index (χ4v) is 2.34. The van der Waals surface area contributed by atoms with Crippen LogP contribution in [0.4, 0.5) is 0 Å². The molecule has 0 bridgehead atoms. The molecule has 1 aliphatic rings. The number of nitrogens with one attached hydrogen (secondary N) is 2. The lowest BCUT2D eigenvalue weighted by molar-refractivity contribution is 0.145. The highest BCUT2D eigenvalue weighted by atomic mass is 16.5. The molecule has 0 heterocycles. The lowest BCUT2D eigenvalue weighted by Crippen LogP contribution is -2.39. The molecule has 2 atom stereocenters. The number of rotatable bonds is 8. The van der Waals surface area contributed by atoms with Crippen LogP contribution in [0.15, 0.2) is 23.2 Å². The molecule has 2 unspecified atom stereocenters. The molecule has 2 N–H and O–H groups in total. The summed E-state index contributed by atoms with van der Waals surface area (Å²) in [7, 11) is 1.68. The van der Waals surface area contributed by atoms with E-state index in [1.54, 1.807) is 7.11 Å². The number of guanidine groups is 1. The van der Waals surface area contributed by atoms with Gasteiger partial charge in [0.25, 0.3) is 0 Å². The van der Waals surface area contributed by atoms with Gasteiger partial charge in [0.1, 0.15) is 12.4 Å². The van der Waals surface area contributed by atoms with Crippen molar-refractivity contribution in [2.24, 2.45) is 10.9 Å². The molecule has 1 aromatic rings. The Balaban J connectivity index is 2.02. The number of aryl methyl sites for hydroxylation is 1. The Kier molecular flexibility index (Phi) is 6.71. The van der Waals surface area contributed by atoms with Crippen molar-refractivity contribution in [3.05, 3.63) is 29.3 Å². The van der Waals surface area contributed by atoms with Crippen LogP contribution in [0, 0.1) is 12.8 Å². The summed E-state index contributed by atoms with van der Waals surface area (Å²) in [6.45, 7) is 8.99. The van der Waals surface area contributed by atoms with Gasteiger partial charge in [0, 0.05) is 25.3 Å². The molecule has 1 saturated carbocycles. The van der Waals surface area contributed by atoms with E-state index in [0.29, 0.717) is 25.8 Å². The van der Waals surface area contributed by atoms with Gasteiger partial charge >= 0.3 is 0 Å². The first-order chi connectivity index (χ1) is 11.1. The van der Waals surface area contributed by atoms with Gasteiger partial charge in [-0.1, -0.05) is 19.1 Å². The second-order valence-electron chi connectivity index (χ2n) is 6.11. The lowest BCUT2D eigenvalue weighted by atomic mass is 10.1. The lowest BCUT2D eigenvalue weighted by Gasteiger charge is -2.13. The molecule has 1 aliphatic carbocycles. The first kappa shape index (κ1) is 17.6. The largest absolute Gasteiger partial charge is 0.491 e. The van der Waals surface area contributed by atoms with E-state index < -0.39 is 0 Å². The zero-order valence-electron chi connectivity index (χ0n) is 14.7. The summed E-state index contributed by atoms with van der Waals surface area (Å²) in [6.07, 6.45) is 1.22. The van der Waals surface area contributed by atoms with Gasteiger partial charge in [-0.15, -0.1) is 0 Å². The molecular formula is C18H29N3O2. The maximum atomic E-state index is 5.83. The number of ether oxygens (including phenoxy) is 2. The normalized spacial score (nSPS) is 20.3. The first-order valence-electron chi connectivity index (χ1n) is 8.40. The minimum atomic E-state index is 0.550. The molecular weight excluding hydrogens is 290 g/mol. The Morgan fingerprint density at radius 2 is 2.13 bits per heavy atom. The SMILES string of the molecule is CCNC(=NCc1ccc(C)cc1OCCOC)NC1CC1C. The molecule has 5 nitrogen and oxygen atoms in total. The van der Waals surface area contributed by atoms with Crippen LogP contribution < -0.4 is 15.4 Å². The van der Waals surface area contributed by atoms with Gasteiger partial charge in [0.05, 0.1) is 13.2 Å². The Labute approximate surface area is 139 Å². The van der Waals surface area contributed by atoms with E-state index in [4.69, 9.17) is 14.5 Å². The van der Waals surface area contributed by atoms with E-state index in [1.807, 2.05) is 0 Å². The van der Waals surface area contributed by atoms with Gasteiger partial charge in [-0.25, -0.2) is 4.99 Å². The second-order valence-corrected chi connectivity index (χ2v) is 6.11. The fraction of sp³-hybridized carbons (Fsp3) is 0.611. The molecule has 23 heavy (non-hydrogen) atoms. The van der Waals surface area contributed by atoms with Crippen molar-refractivity contribution in [3.8, 4) is 5.75 Å². The van der Waals surface area contributed by atoms with Crippen molar-refractivity contribution < 1.29 is 9.47 Å². The van der Waals surface area contributed by atoms with Crippen molar-refractivity contribution in [1.82, 2.24) is 10.6 Å². The van der Waals surface area contributed by atoms with Crippen molar-refractivity contribution in [2.45, 2.75) is 39.8 Å². The minimum absolute atomic E-state index is 0.550. The van der Waals surface area contributed by atoms with Gasteiger partial charge in [-0.2, -0.15) is 0 Å². The third-order valence-corrected chi connectivity index (χ3v) is 3.95. The smallest absolute Gasteiger partial charge is 0.191 e. The minimum Gasteiger partial charge on any atom is -0.491 e. The van der Waals surface area contributed by atoms with E-state index in [2.05, 4.69) is 49.6 Å². The highest BCUT2D eigenvalue weighted by Gasteiger charge is 2.33. The molecule has 0 spiro atoms. The average Bonchev–Trinajstić information content (AvgIpc) is 3.22. The van der Waals surface area contributed by atoms with E-state index in [-0.39, 0.29) is 0 Å². The maximum absolute atomic E-state index is 5.83. The van der Waals surface area contributed by atoms with E-state index in [9.17, 15) is 0 Å². The Morgan fingerprint density at radius 3 is 2.78 bits per heavy atom.